The summed E-state index contributed by atoms with van der Waals surface area (Å²) in [6.45, 7) is 10.9. The molecule has 14 heavy (non-hydrogen) atoms. The highest BCUT2D eigenvalue weighted by molar-refractivity contribution is 5.60. The van der Waals surface area contributed by atoms with Crippen molar-refractivity contribution in [3.8, 4) is 0 Å². The van der Waals surface area contributed by atoms with Gasteiger partial charge in [0.05, 0.1) is 0 Å². The number of aryl methyl sites for hydroxylation is 3. The van der Waals surface area contributed by atoms with E-state index in [2.05, 4.69) is 52.8 Å². The van der Waals surface area contributed by atoms with Crippen LogP contribution in [0.1, 0.15) is 42.5 Å². The fourth-order valence-corrected chi connectivity index (χ4v) is 1.77. The van der Waals surface area contributed by atoms with Crippen molar-refractivity contribution < 1.29 is 0 Å². The molecule has 0 aliphatic heterocycles. The maximum Gasteiger partial charge on any atom is -0.0198 e. The average molecular weight is 188 g/mol. The number of rotatable bonds is 2. The third-order valence-corrected chi connectivity index (χ3v) is 2.69. The highest BCUT2D eigenvalue weighted by Gasteiger charge is 2.00. The van der Waals surface area contributed by atoms with Crippen molar-refractivity contribution in [2.45, 2.75) is 41.0 Å². The van der Waals surface area contributed by atoms with Gasteiger partial charge in [-0.25, -0.2) is 0 Å². The first-order valence-electron chi connectivity index (χ1n) is 5.29. The second-order valence-electron chi connectivity index (χ2n) is 4.16. The highest BCUT2D eigenvalue weighted by Crippen LogP contribution is 2.20. The van der Waals surface area contributed by atoms with Crippen LogP contribution in [0.2, 0.25) is 0 Å². The van der Waals surface area contributed by atoms with Gasteiger partial charge in [-0.2, -0.15) is 0 Å². The Hall–Kier alpha value is -1.04. The molecule has 0 fully saturated rings. The van der Waals surface area contributed by atoms with Crippen LogP contribution in [0.3, 0.4) is 0 Å². The summed E-state index contributed by atoms with van der Waals surface area (Å²) in [6.07, 6.45) is 3.44. The van der Waals surface area contributed by atoms with Gasteiger partial charge in [0.15, 0.2) is 0 Å². The van der Waals surface area contributed by atoms with Gasteiger partial charge in [-0.1, -0.05) is 36.3 Å². The van der Waals surface area contributed by atoms with E-state index in [9.17, 15) is 0 Å². The fraction of sp³-hybridized carbons (Fsp3) is 0.429. The van der Waals surface area contributed by atoms with E-state index in [1.54, 1.807) is 0 Å². The Bertz CT molecular complexity index is 333. The number of hydrogen-bond donors (Lipinski definition) is 0. The van der Waals surface area contributed by atoms with Crippen molar-refractivity contribution in [1.82, 2.24) is 0 Å². The van der Waals surface area contributed by atoms with Crippen molar-refractivity contribution in [3.05, 3.63) is 40.0 Å². The van der Waals surface area contributed by atoms with Gasteiger partial charge in [0.25, 0.3) is 0 Å². The summed E-state index contributed by atoms with van der Waals surface area (Å²) >= 11 is 0. The number of allylic oxidation sites excluding steroid dienone is 1. The Morgan fingerprint density at radius 2 is 1.64 bits per heavy atom. The Morgan fingerprint density at radius 3 is 2.07 bits per heavy atom. The molecule has 1 aromatic rings. The molecular formula is C14H20. The third kappa shape index (κ3) is 2.47. The van der Waals surface area contributed by atoms with Crippen LogP contribution in [-0.2, 0) is 0 Å². The van der Waals surface area contributed by atoms with Gasteiger partial charge in [0.2, 0.25) is 0 Å². The zero-order valence-corrected chi connectivity index (χ0v) is 9.94. The van der Waals surface area contributed by atoms with Gasteiger partial charge in [0.1, 0.15) is 0 Å². The SMILES string of the molecule is CCC(C)=Cc1c(C)cc(C)cc1C. The lowest BCUT2D eigenvalue weighted by Gasteiger charge is -2.08. The summed E-state index contributed by atoms with van der Waals surface area (Å²) in [6, 6.07) is 4.50. The molecule has 76 valence electrons. The zero-order chi connectivity index (χ0) is 10.7. The monoisotopic (exact) mass is 188 g/mol. The predicted octanol–water partition coefficient (Wildman–Crippen LogP) is 4.43. The van der Waals surface area contributed by atoms with E-state index in [1.165, 1.54) is 27.8 Å². The van der Waals surface area contributed by atoms with E-state index in [0.29, 0.717) is 0 Å². The molecule has 0 atom stereocenters. The first-order valence-corrected chi connectivity index (χ1v) is 5.29. The molecule has 0 aromatic heterocycles. The molecule has 1 rings (SSSR count). The summed E-state index contributed by atoms with van der Waals surface area (Å²) in [7, 11) is 0. The van der Waals surface area contributed by atoms with Crippen LogP contribution in [-0.4, -0.2) is 0 Å². The van der Waals surface area contributed by atoms with Gasteiger partial charge in [-0.15, -0.1) is 0 Å². The van der Waals surface area contributed by atoms with Crippen molar-refractivity contribution in [3.63, 3.8) is 0 Å². The molecule has 1 aromatic carbocycles. The maximum atomic E-state index is 2.31. The summed E-state index contributed by atoms with van der Waals surface area (Å²) < 4.78 is 0. The number of benzene rings is 1. The van der Waals surface area contributed by atoms with Crippen molar-refractivity contribution in [2.75, 3.05) is 0 Å². The van der Waals surface area contributed by atoms with Gasteiger partial charge in [-0.3, -0.25) is 0 Å². The molecule has 0 radical (unpaired) electrons. The summed E-state index contributed by atoms with van der Waals surface area (Å²) in [4.78, 5) is 0. The minimum Gasteiger partial charge on any atom is -0.0730 e. The van der Waals surface area contributed by atoms with Crippen LogP contribution >= 0.6 is 0 Å². The second kappa shape index (κ2) is 4.45. The molecule has 0 heterocycles. The normalized spacial score (nSPS) is 11.9. The van der Waals surface area contributed by atoms with Gasteiger partial charge >= 0.3 is 0 Å². The minimum atomic E-state index is 1.13. The molecule has 0 heteroatoms. The average Bonchev–Trinajstić information content (AvgIpc) is 2.10. The maximum absolute atomic E-state index is 2.31. The van der Waals surface area contributed by atoms with Crippen LogP contribution in [0.15, 0.2) is 17.7 Å². The van der Waals surface area contributed by atoms with E-state index < -0.39 is 0 Å². The van der Waals surface area contributed by atoms with E-state index in [1.807, 2.05) is 0 Å². The van der Waals surface area contributed by atoms with Crippen LogP contribution < -0.4 is 0 Å². The third-order valence-electron chi connectivity index (χ3n) is 2.69. The van der Waals surface area contributed by atoms with E-state index in [-0.39, 0.29) is 0 Å². The van der Waals surface area contributed by atoms with E-state index >= 15 is 0 Å². The van der Waals surface area contributed by atoms with Crippen LogP contribution in [0.4, 0.5) is 0 Å². The minimum absolute atomic E-state index is 1.13. The highest BCUT2D eigenvalue weighted by atomic mass is 14.1. The lowest BCUT2D eigenvalue weighted by Crippen LogP contribution is -1.89. The molecule has 0 bridgehead atoms. The lowest BCUT2D eigenvalue weighted by atomic mass is 9.98. The molecular weight excluding hydrogens is 168 g/mol. The first-order chi connectivity index (χ1) is 6.54. The molecule has 0 N–H and O–H groups in total. The zero-order valence-electron chi connectivity index (χ0n) is 9.94. The van der Waals surface area contributed by atoms with Crippen molar-refractivity contribution in [1.29, 1.82) is 0 Å². The molecule has 0 saturated carbocycles. The summed E-state index contributed by atoms with van der Waals surface area (Å²) in [5, 5.41) is 0. The Morgan fingerprint density at radius 1 is 1.14 bits per heavy atom. The van der Waals surface area contributed by atoms with Crippen molar-refractivity contribution in [2.24, 2.45) is 0 Å². The molecule has 0 aliphatic rings. The Labute approximate surface area is 87.7 Å². The van der Waals surface area contributed by atoms with Gasteiger partial charge < -0.3 is 0 Å². The number of hydrogen-bond acceptors (Lipinski definition) is 0. The van der Waals surface area contributed by atoms with Gasteiger partial charge in [0, 0.05) is 0 Å². The molecule has 0 nitrogen and oxygen atoms in total. The predicted molar refractivity (Wildman–Crippen MR) is 64.6 cm³/mol. The standard InChI is InChI=1S/C14H20/c1-6-10(2)9-14-12(4)7-11(3)8-13(14)5/h7-9H,6H2,1-5H3. The lowest BCUT2D eigenvalue weighted by molar-refractivity contribution is 1.11. The summed E-state index contributed by atoms with van der Waals surface area (Å²) in [5.74, 6) is 0. The molecule has 0 saturated heterocycles. The molecule has 0 amide bonds. The van der Waals surface area contributed by atoms with Crippen molar-refractivity contribution >= 4 is 6.08 Å². The first kappa shape index (κ1) is 11.0. The molecule has 0 unspecified atom stereocenters. The quantitative estimate of drug-likeness (QED) is 0.644. The van der Waals surface area contributed by atoms with Crippen LogP contribution in [0.5, 0.6) is 0 Å². The van der Waals surface area contributed by atoms with E-state index in [4.69, 9.17) is 0 Å². The van der Waals surface area contributed by atoms with Gasteiger partial charge in [-0.05, 0) is 50.8 Å². The van der Waals surface area contributed by atoms with Crippen LogP contribution in [0.25, 0.3) is 6.08 Å². The summed E-state index contributed by atoms with van der Waals surface area (Å²) in [5.41, 5.74) is 6.96. The Kier molecular flexibility index (Phi) is 3.51. The smallest absolute Gasteiger partial charge is 0.0198 e. The second-order valence-corrected chi connectivity index (χ2v) is 4.16. The molecule has 0 spiro atoms. The topological polar surface area (TPSA) is 0 Å². The Balaban J connectivity index is 3.21. The fourth-order valence-electron chi connectivity index (χ4n) is 1.77. The van der Waals surface area contributed by atoms with E-state index in [0.717, 1.165) is 6.42 Å². The largest absolute Gasteiger partial charge is 0.0730 e. The molecule has 0 aliphatic carbocycles. The van der Waals surface area contributed by atoms with Crippen LogP contribution in [0, 0.1) is 20.8 Å².